The molecule has 0 spiro atoms. The van der Waals surface area contributed by atoms with E-state index in [1.54, 1.807) is 0 Å². The molecule has 10 rings (SSSR count). The van der Waals surface area contributed by atoms with Gasteiger partial charge < -0.3 is 14.0 Å². The van der Waals surface area contributed by atoms with Crippen LogP contribution >= 0.6 is 0 Å². The van der Waals surface area contributed by atoms with E-state index >= 15 is 0 Å². The monoisotopic (exact) mass is 677 g/mol. The van der Waals surface area contributed by atoms with Crippen LogP contribution in [0.4, 0.5) is 17.1 Å². The fourth-order valence-electron chi connectivity index (χ4n) is 7.87. The van der Waals surface area contributed by atoms with E-state index < -0.39 is 0 Å². The molecule has 53 heavy (non-hydrogen) atoms. The van der Waals surface area contributed by atoms with Crippen molar-refractivity contribution in [2.45, 2.75) is 0 Å². The highest BCUT2D eigenvalue weighted by atomic mass is 15.1. The standard InChI is InChI=1S/C50H35N3/c1-4-14-36(15-5-1)38-24-28-41(29-25-38)51(42-30-26-39(27-31-42)37-16-6-2-7-17-37)43-32-34-44(35-33-43)53-48-23-13-11-21-46(48)49-50(53)45-20-10-12-22-47(45)52(49)40-18-8-3-9-19-40/h1-35H. The number of rotatable bonds is 7. The van der Waals surface area contributed by atoms with Crippen molar-refractivity contribution in [2.24, 2.45) is 0 Å². The molecule has 0 bridgehead atoms. The van der Waals surface area contributed by atoms with Crippen LogP contribution in [0.15, 0.2) is 212 Å². The van der Waals surface area contributed by atoms with Crippen LogP contribution in [0.3, 0.4) is 0 Å². The Labute approximate surface area is 308 Å². The van der Waals surface area contributed by atoms with Crippen LogP contribution in [0, 0.1) is 0 Å². The first-order valence-electron chi connectivity index (χ1n) is 18.1. The van der Waals surface area contributed by atoms with Crippen molar-refractivity contribution in [1.82, 2.24) is 9.13 Å². The fourth-order valence-corrected chi connectivity index (χ4v) is 7.87. The summed E-state index contributed by atoms with van der Waals surface area (Å²) in [5.74, 6) is 0. The van der Waals surface area contributed by atoms with E-state index in [0.717, 1.165) is 28.4 Å². The van der Waals surface area contributed by atoms with E-state index in [4.69, 9.17) is 0 Å². The van der Waals surface area contributed by atoms with Crippen LogP contribution in [0.1, 0.15) is 0 Å². The van der Waals surface area contributed by atoms with Crippen molar-refractivity contribution in [1.29, 1.82) is 0 Å². The third-order valence-electron chi connectivity index (χ3n) is 10.3. The van der Waals surface area contributed by atoms with E-state index in [-0.39, 0.29) is 0 Å². The average molecular weight is 678 g/mol. The molecule has 0 aliphatic rings. The zero-order valence-corrected chi connectivity index (χ0v) is 29.0. The van der Waals surface area contributed by atoms with Crippen LogP contribution < -0.4 is 4.90 Å². The number of hydrogen-bond donors (Lipinski definition) is 0. The van der Waals surface area contributed by atoms with Crippen LogP contribution in [0.2, 0.25) is 0 Å². The molecule has 0 unspecified atom stereocenters. The SMILES string of the molecule is c1ccc(-c2ccc(N(c3ccc(-c4ccccc4)cc3)c3ccc(-n4c5ccccc5c5c4c4ccccc4n5-c4ccccc4)cc3)cc2)cc1. The highest BCUT2D eigenvalue weighted by Gasteiger charge is 2.22. The molecular weight excluding hydrogens is 643 g/mol. The largest absolute Gasteiger partial charge is 0.311 e. The molecule has 250 valence electrons. The Morgan fingerprint density at radius 3 is 1.02 bits per heavy atom. The van der Waals surface area contributed by atoms with Crippen molar-refractivity contribution in [3.63, 3.8) is 0 Å². The minimum atomic E-state index is 1.09. The van der Waals surface area contributed by atoms with Gasteiger partial charge in [-0.3, -0.25) is 0 Å². The Hall–Kier alpha value is -7.10. The van der Waals surface area contributed by atoms with Gasteiger partial charge in [0.2, 0.25) is 0 Å². The van der Waals surface area contributed by atoms with Gasteiger partial charge >= 0.3 is 0 Å². The summed E-state index contributed by atoms with van der Waals surface area (Å²) < 4.78 is 4.85. The summed E-state index contributed by atoms with van der Waals surface area (Å²) in [4.78, 5) is 2.35. The Kier molecular flexibility index (Phi) is 7.47. The Bertz CT molecular complexity index is 2740. The van der Waals surface area contributed by atoms with Gasteiger partial charge in [0.15, 0.2) is 0 Å². The fraction of sp³-hybridized carbons (Fsp3) is 0. The number of nitrogens with zero attached hydrogens (tertiary/aromatic N) is 3. The molecule has 0 saturated heterocycles. The van der Waals surface area contributed by atoms with Crippen molar-refractivity contribution in [2.75, 3.05) is 4.90 Å². The first kappa shape index (κ1) is 30.7. The van der Waals surface area contributed by atoms with Gasteiger partial charge in [-0.05, 0) is 95.1 Å². The van der Waals surface area contributed by atoms with Crippen LogP contribution in [0.25, 0.3) is 66.5 Å². The van der Waals surface area contributed by atoms with Gasteiger partial charge in [0.25, 0.3) is 0 Å². The minimum Gasteiger partial charge on any atom is -0.311 e. The lowest BCUT2D eigenvalue weighted by Gasteiger charge is -2.26. The zero-order chi connectivity index (χ0) is 35.1. The number of hydrogen-bond acceptors (Lipinski definition) is 1. The lowest BCUT2D eigenvalue weighted by molar-refractivity contribution is 1.17. The maximum Gasteiger partial charge on any atom is 0.0803 e. The second kappa shape index (κ2) is 12.9. The summed E-state index contributed by atoms with van der Waals surface area (Å²) in [6.45, 7) is 0. The topological polar surface area (TPSA) is 13.1 Å². The predicted molar refractivity (Wildman–Crippen MR) is 223 cm³/mol. The average Bonchev–Trinajstić information content (AvgIpc) is 3.76. The van der Waals surface area contributed by atoms with Gasteiger partial charge in [-0.25, -0.2) is 0 Å². The predicted octanol–water partition coefficient (Wildman–Crippen LogP) is 13.5. The van der Waals surface area contributed by atoms with Gasteiger partial charge in [0.1, 0.15) is 0 Å². The quantitative estimate of drug-likeness (QED) is 0.164. The molecule has 0 atom stereocenters. The van der Waals surface area contributed by atoms with E-state index in [9.17, 15) is 0 Å². The number of para-hydroxylation sites is 3. The second-order valence-corrected chi connectivity index (χ2v) is 13.4. The summed E-state index contributed by atoms with van der Waals surface area (Å²) in [7, 11) is 0. The lowest BCUT2D eigenvalue weighted by atomic mass is 10.0. The molecule has 0 aliphatic heterocycles. The van der Waals surface area contributed by atoms with E-state index in [2.05, 4.69) is 226 Å². The smallest absolute Gasteiger partial charge is 0.0803 e. The summed E-state index contributed by atoms with van der Waals surface area (Å²) in [6.07, 6.45) is 0. The molecule has 0 amide bonds. The van der Waals surface area contributed by atoms with Gasteiger partial charge in [0.05, 0.1) is 22.1 Å². The summed E-state index contributed by atoms with van der Waals surface area (Å²) in [6, 6.07) is 76.2. The zero-order valence-electron chi connectivity index (χ0n) is 29.0. The number of aromatic nitrogens is 2. The van der Waals surface area contributed by atoms with Crippen molar-refractivity contribution in [3.05, 3.63) is 212 Å². The molecule has 10 aromatic rings. The van der Waals surface area contributed by atoms with Crippen LogP contribution in [-0.2, 0) is 0 Å². The molecule has 0 saturated carbocycles. The number of benzene rings is 8. The Morgan fingerprint density at radius 1 is 0.264 bits per heavy atom. The molecule has 3 heteroatoms. The van der Waals surface area contributed by atoms with Gasteiger partial charge in [-0.15, -0.1) is 0 Å². The van der Waals surface area contributed by atoms with E-state index in [0.29, 0.717) is 0 Å². The highest BCUT2D eigenvalue weighted by molar-refractivity contribution is 6.19. The van der Waals surface area contributed by atoms with Gasteiger partial charge in [-0.1, -0.05) is 140 Å². The minimum absolute atomic E-state index is 1.09. The summed E-state index contributed by atoms with van der Waals surface area (Å²) in [5.41, 5.74) is 15.2. The van der Waals surface area contributed by atoms with Crippen LogP contribution in [0.5, 0.6) is 0 Å². The molecule has 0 N–H and O–H groups in total. The van der Waals surface area contributed by atoms with Gasteiger partial charge in [-0.2, -0.15) is 0 Å². The van der Waals surface area contributed by atoms with E-state index in [1.807, 2.05) is 0 Å². The summed E-state index contributed by atoms with van der Waals surface area (Å²) >= 11 is 0. The molecule has 2 heterocycles. The van der Waals surface area contributed by atoms with Crippen molar-refractivity contribution >= 4 is 49.9 Å². The Balaban J connectivity index is 1.12. The molecule has 0 aliphatic carbocycles. The molecule has 8 aromatic carbocycles. The first-order chi connectivity index (χ1) is 26.3. The normalized spacial score (nSPS) is 11.4. The number of fused-ring (bicyclic) bond motifs is 5. The molecule has 3 nitrogen and oxygen atoms in total. The second-order valence-electron chi connectivity index (χ2n) is 13.4. The van der Waals surface area contributed by atoms with Crippen LogP contribution in [-0.4, -0.2) is 9.13 Å². The maximum atomic E-state index is 2.43. The van der Waals surface area contributed by atoms with Crippen molar-refractivity contribution in [3.8, 4) is 33.6 Å². The third-order valence-corrected chi connectivity index (χ3v) is 10.3. The van der Waals surface area contributed by atoms with Crippen molar-refractivity contribution < 1.29 is 0 Å². The first-order valence-corrected chi connectivity index (χ1v) is 18.1. The lowest BCUT2D eigenvalue weighted by Crippen LogP contribution is -2.10. The van der Waals surface area contributed by atoms with E-state index in [1.165, 1.54) is 55.1 Å². The molecule has 0 radical (unpaired) electrons. The third kappa shape index (κ3) is 5.30. The Morgan fingerprint density at radius 2 is 0.585 bits per heavy atom. The maximum absolute atomic E-state index is 2.43. The summed E-state index contributed by atoms with van der Waals surface area (Å²) in [5, 5.41) is 2.45. The van der Waals surface area contributed by atoms with Gasteiger partial charge in [0, 0.05) is 39.2 Å². The number of anilines is 3. The molecule has 2 aromatic heterocycles. The highest BCUT2D eigenvalue weighted by Crippen LogP contribution is 2.42. The molecule has 0 fully saturated rings. The molecular formula is C50H35N3.